The Balaban J connectivity index is 1.83. The molecule has 1 aliphatic rings. The number of aromatic nitrogens is 1. The van der Waals surface area contributed by atoms with Crippen molar-refractivity contribution in [3.8, 4) is 6.07 Å². The highest BCUT2D eigenvalue weighted by atomic mass is 32.2. The molecule has 3 rings (SSSR count). The molecule has 3 amide bonds. The summed E-state index contributed by atoms with van der Waals surface area (Å²) in [5, 5.41) is 9.18. The number of carbonyl (C=O) groups is 3. The van der Waals surface area contributed by atoms with Crippen LogP contribution in [-0.2, 0) is 16.0 Å². The van der Waals surface area contributed by atoms with Gasteiger partial charge in [0.05, 0.1) is 16.5 Å². The second-order valence-electron chi connectivity index (χ2n) is 7.15. The van der Waals surface area contributed by atoms with E-state index in [4.69, 9.17) is 5.73 Å². The number of rotatable bonds is 6. The van der Waals surface area contributed by atoms with Gasteiger partial charge < -0.3 is 5.73 Å². The molecule has 2 aromatic rings. The van der Waals surface area contributed by atoms with E-state index in [0.29, 0.717) is 27.8 Å². The molecular formula is C21H20N4O3S. The first-order chi connectivity index (χ1) is 13.8. The van der Waals surface area contributed by atoms with E-state index in [1.54, 1.807) is 6.07 Å². The largest absolute Gasteiger partial charge is 0.366 e. The maximum absolute atomic E-state index is 12.9. The molecule has 0 radical (unpaired) electrons. The summed E-state index contributed by atoms with van der Waals surface area (Å²) < 4.78 is 0. The molecule has 1 saturated heterocycles. The number of hydrogen-bond donors (Lipinski definition) is 1. The number of pyridine rings is 1. The minimum Gasteiger partial charge on any atom is -0.366 e. The molecule has 2 N–H and O–H groups in total. The lowest BCUT2D eigenvalue weighted by molar-refractivity contribution is -0.121. The topological polar surface area (TPSA) is 117 Å². The first-order valence-corrected chi connectivity index (χ1v) is 10.0. The lowest BCUT2D eigenvalue weighted by Crippen LogP contribution is -2.31. The van der Waals surface area contributed by atoms with Gasteiger partial charge in [-0.3, -0.25) is 14.4 Å². The first kappa shape index (κ1) is 20.6. The Morgan fingerprint density at radius 1 is 1.28 bits per heavy atom. The zero-order valence-electron chi connectivity index (χ0n) is 16.1. The predicted octanol–water partition coefficient (Wildman–Crippen LogP) is 2.67. The number of thioether (sulfide) groups is 1. The van der Waals surface area contributed by atoms with Crippen LogP contribution in [0.1, 0.15) is 41.9 Å². The molecule has 1 aliphatic heterocycles. The van der Waals surface area contributed by atoms with Gasteiger partial charge in [0, 0.05) is 17.7 Å². The van der Waals surface area contributed by atoms with Gasteiger partial charge in [-0.05, 0) is 48.7 Å². The molecule has 0 aliphatic carbocycles. The van der Waals surface area contributed by atoms with Crippen LogP contribution in [0.3, 0.4) is 0 Å². The van der Waals surface area contributed by atoms with E-state index in [9.17, 15) is 19.6 Å². The summed E-state index contributed by atoms with van der Waals surface area (Å²) in [5.41, 5.74) is 7.13. The number of nitrogens with zero attached hydrogens (tertiary/aromatic N) is 3. The Hall–Kier alpha value is -3.18. The summed E-state index contributed by atoms with van der Waals surface area (Å²) in [4.78, 5) is 42.2. The molecule has 7 nitrogen and oxygen atoms in total. The van der Waals surface area contributed by atoms with Gasteiger partial charge in [0.1, 0.15) is 11.1 Å². The number of amides is 3. The molecule has 0 saturated carbocycles. The molecule has 0 spiro atoms. The summed E-state index contributed by atoms with van der Waals surface area (Å²) in [6, 6.07) is 11.6. The van der Waals surface area contributed by atoms with Gasteiger partial charge in [0.15, 0.2) is 0 Å². The zero-order valence-corrected chi connectivity index (χ0v) is 16.9. The summed E-state index contributed by atoms with van der Waals surface area (Å²) in [7, 11) is 0. The van der Waals surface area contributed by atoms with Gasteiger partial charge in [-0.1, -0.05) is 25.6 Å². The third-order valence-electron chi connectivity index (χ3n) is 4.42. The summed E-state index contributed by atoms with van der Waals surface area (Å²) in [6.07, 6.45) is 0.775. The smallest absolute Gasteiger partial charge is 0.248 e. The van der Waals surface area contributed by atoms with Gasteiger partial charge in [-0.2, -0.15) is 5.26 Å². The summed E-state index contributed by atoms with van der Waals surface area (Å²) >= 11 is 1.14. The van der Waals surface area contributed by atoms with Crippen LogP contribution in [-0.4, -0.2) is 28.0 Å². The monoisotopic (exact) mass is 408 g/mol. The second kappa shape index (κ2) is 8.45. The third-order valence-corrected chi connectivity index (χ3v) is 5.61. The van der Waals surface area contributed by atoms with Crippen molar-refractivity contribution in [2.24, 2.45) is 11.7 Å². The van der Waals surface area contributed by atoms with Gasteiger partial charge in [0.2, 0.25) is 17.7 Å². The van der Waals surface area contributed by atoms with Gasteiger partial charge in [0.25, 0.3) is 0 Å². The van der Waals surface area contributed by atoms with E-state index < -0.39 is 11.2 Å². The van der Waals surface area contributed by atoms with Gasteiger partial charge >= 0.3 is 0 Å². The third kappa shape index (κ3) is 4.46. The van der Waals surface area contributed by atoms with E-state index in [0.717, 1.165) is 28.8 Å². The number of imide groups is 1. The van der Waals surface area contributed by atoms with Crippen molar-refractivity contribution < 1.29 is 14.4 Å². The van der Waals surface area contributed by atoms with Crippen LogP contribution in [0.2, 0.25) is 0 Å². The van der Waals surface area contributed by atoms with E-state index in [1.165, 1.54) is 24.3 Å². The highest BCUT2D eigenvalue weighted by molar-refractivity contribution is 8.00. The molecule has 1 aromatic heterocycles. The van der Waals surface area contributed by atoms with Crippen LogP contribution in [0.15, 0.2) is 41.4 Å². The number of nitrogens with two attached hydrogens (primary N) is 1. The average molecular weight is 408 g/mol. The number of hydrogen-bond acceptors (Lipinski definition) is 6. The Morgan fingerprint density at radius 3 is 2.55 bits per heavy atom. The minimum absolute atomic E-state index is 0.0159. The Bertz CT molecular complexity index is 1010. The predicted molar refractivity (Wildman–Crippen MR) is 109 cm³/mol. The molecule has 0 bridgehead atoms. The molecule has 1 aromatic carbocycles. The standard InChI is InChI=1S/C21H20N4O3S/c1-12(2)9-15-6-3-14(11-22)20(24-15)29-17-10-18(26)25(21(17)28)16-7-4-13(5-8-16)19(23)27/h3-8,12,17H,9-10H2,1-2H3,(H2,23,27). The number of benzene rings is 1. The van der Waals surface area contributed by atoms with Crippen molar-refractivity contribution in [2.45, 2.75) is 37.0 Å². The fourth-order valence-electron chi connectivity index (χ4n) is 3.06. The van der Waals surface area contributed by atoms with Crippen LogP contribution < -0.4 is 10.6 Å². The van der Waals surface area contributed by atoms with Crippen molar-refractivity contribution in [1.82, 2.24) is 4.98 Å². The van der Waals surface area contributed by atoms with E-state index >= 15 is 0 Å². The number of anilines is 1. The van der Waals surface area contributed by atoms with Crippen LogP contribution in [0, 0.1) is 17.2 Å². The van der Waals surface area contributed by atoms with Crippen molar-refractivity contribution >= 4 is 35.2 Å². The molecule has 1 fully saturated rings. The molecule has 8 heteroatoms. The van der Waals surface area contributed by atoms with Gasteiger partial charge in [-0.25, -0.2) is 9.88 Å². The van der Waals surface area contributed by atoms with Crippen molar-refractivity contribution in [3.05, 3.63) is 53.2 Å². The lowest BCUT2D eigenvalue weighted by Gasteiger charge is -2.15. The maximum atomic E-state index is 12.9. The van der Waals surface area contributed by atoms with Crippen LogP contribution in [0.25, 0.3) is 0 Å². The average Bonchev–Trinajstić information content (AvgIpc) is 2.95. The van der Waals surface area contributed by atoms with Crippen LogP contribution >= 0.6 is 11.8 Å². The number of nitriles is 1. The highest BCUT2D eigenvalue weighted by Gasteiger charge is 2.40. The Morgan fingerprint density at radius 2 is 1.97 bits per heavy atom. The molecular weight excluding hydrogens is 388 g/mol. The van der Waals surface area contributed by atoms with Crippen molar-refractivity contribution in [1.29, 1.82) is 5.26 Å². The first-order valence-electron chi connectivity index (χ1n) is 9.13. The van der Waals surface area contributed by atoms with E-state index in [2.05, 4.69) is 24.9 Å². The van der Waals surface area contributed by atoms with Gasteiger partial charge in [-0.15, -0.1) is 0 Å². The normalized spacial score (nSPS) is 16.3. The molecule has 1 atom stereocenters. The van der Waals surface area contributed by atoms with E-state index in [-0.39, 0.29) is 18.2 Å². The van der Waals surface area contributed by atoms with Crippen molar-refractivity contribution in [3.63, 3.8) is 0 Å². The highest BCUT2D eigenvalue weighted by Crippen LogP contribution is 2.34. The molecule has 2 heterocycles. The van der Waals surface area contributed by atoms with Crippen molar-refractivity contribution in [2.75, 3.05) is 4.90 Å². The number of carbonyl (C=O) groups excluding carboxylic acids is 3. The number of primary amides is 1. The molecule has 1 unspecified atom stereocenters. The fourth-order valence-corrected chi connectivity index (χ4v) is 4.17. The Kier molecular flexibility index (Phi) is 5.99. The molecule has 29 heavy (non-hydrogen) atoms. The lowest BCUT2D eigenvalue weighted by atomic mass is 10.1. The van der Waals surface area contributed by atoms with E-state index in [1.807, 2.05) is 6.07 Å². The Labute approximate surface area is 172 Å². The second-order valence-corrected chi connectivity index (χ2v) is 8.35. The maximum Gasteiger partial charge on any atom is 0.248 e. The minimum atomic E-state index is -0.660. The SMILES string of the molecule is CC(C)Cc1ccc(C#N)c(SC2CC(=O)N(c3ccc(C(N)=O)cc3)C2=O)n1. The molecule has 148 valence electrons. The van der Waals surface area contributed by atoms with Crippen LogP contribution in [0.4, 0.5) is 5.69 Å². The van der Waals surface area contributed by atoms with Crippen LogP contribution in [0.5, 0.6) is 0 Å². The summed E-state index contributed by atoms with van der Waals surface area (Å²) in [6.45, 7) is 4.15. The summed E-state index contributed by atoms with van der Waals surface area (Å²) in [5.74, 6) is -0.884. The zero-order chi connectivity index (χ0) is 21.1. The quantitative estimate of drug-likeness (QED) is 0.735. The fraction of sp³-hybridized carbons (Fsp3) is 0.286.